The first-order valence-electron chi connectivity index (χ1n) is 2.64. The average Bonchev–Trinajstić information content (AvgIpc) is 1.90. The van der Waals surface area contributed by atoms with Crippen LogP contribution in [-0.4, -0.2) is 4.98 Å². The first-order chi connectivity index (χ1) is 4.30. The molecule has 0 aromatic carbocycles. The monoisotopic (exact) mass is 140 g/mol. The van der Waals surface area contributed by atoms with Crippen molar-refractivity contribution in [1.82, 2.24) is 4.98 Å². The van der Waals surface area contributed by atoms with E-state index in [0.717, 1.165) is 5.56 Å². The first-order valence-corrected chi connectivity index (χ1v) is 3.16. The number of aromatic nitrogens is 1. The molecule has 0 amide bonds. The molecule has 1 unspecified atom stereocenters. The lowest BCUT2D eigenvalue weighted by molar-refractivity contribution is 1.03. The van der Waals surface area contributed by atoms with Crippen LogP contribution in [0.3, 0.4) is 0 Å². The van der Waals surface area contributed by atoms with Gasteiger partial charge in [-0.15, -0.1) is 0 Å². The normalized spacial score (nSPS) is 13.1. The number of nitrogens with zero attached hydrogens (tertiary/aromatic N) is 1. The summed E-state index contributed by atoms with van der Waals surface area (Å²) in [5.41, 5.74) is 6.44. The minimum absolute atomic E-state index is 0.187. The van der Waals surface area contributed by atoms with E-state index in [1.807, 2.05) is 12.1 Å². The average molecular weight is 140 g/mol. The Bertz CT molecular complexity index is 174. The Morgan fingerprint density at radius 3 is 2.33 bits per heavy atom. The van der Waals surface area contributed by atoms with Gasteiger partial charge in [-0.1, -0.05) is 0 Å². The van der Waals surface area contributed by atoms with Crippen molar-refractivity contribution in [2.45, 2.75) is 5.37 Å². The highest BCUT2D eigenvalue weighted by Crippen LogP contribution is 2.10. The molecular formula is C6H8N2S. The number of hydrogen-bond donors (Lipinski definition) is 2. The molecular weight excluding hydrogens is 132 g/mol. The molecule has 0 fully saturated rings. The third kappa shape index (κ3) is 1.69. The van der Waals surface area contributed by atoms with Crippen LogP contribution >= 0.6 is 12.6 Å². The summed E-state index contributed by atoms with van der Waals surface area (Å²) >= 11 is 4.04. The molecule has 1 rings (SSSR count). The fourth-order valence-corrected chi connectivity index (χ4v) is 0.733. The van der Waals surface area contributed by atoms with Gasteiger partial charge in [0.25, 0.3) is 0 Å². The SMILES string of the molecule is NC(S)c1ccncc1. The highest BCUT2D eigenvalue weighted by atomic mass is 32.1. The summed E-state index contributed by atoms with van der Waals surface area (Å²) in [6.45, 7) is 0. The van der Waals surface area contributed by atoms with Gasteiger partial charge in [-0.05, 0) is 17.7 Å². The third-order valence-electron chi connectivity index (χ3n) is 1.05. The van der Waals surface area contributed by atoms with Gasteiger partial charge < -0.3 is 5.73 Å². The Morgan fingerprint density at radius 1 is 1.44 bits per heavy atom. The van der Waals surface area contributed by atoms with Gasteiger partial charge in [0.15, 0.2) is 0 Å². The Labute approximate surface area is 59.5 Å². The van der Waals surface area contributed by atoms with Crippen LogP contribution in [0.2, 0.25) is 0 Å². The standard InChI is InChI=1S/C6H8N2S/c7-6(9)5-1-3-8-4-2-5/h1-4,6,9H,7H2. The maximum absolute atomic E-state index is 5.45. The molecule has 1 heterocycles. The van der Waals surface area contributed by atoms with E-state index in [4.69, 9.17) is 5.73 Å². The lowest BCUT2D eigenvalue weighted by atomic mass is 10.3. The van der Waals surface area contributed by atoms with E-state index in [1.54, 1.807) is 12.4 Å². The van der Waals surface area contributed by atoms with Crippen molar-refractivity contribution >= 4 is 12.6 Å². The highest BCUT2D eigenvalue weighted by Gasteiger charge is 1.95. The Hall–Kier alpha value is -0.540. The predicted molar refractivity (Wildman–Crippen MR) is 40.2 cm³/mol. The van der Waals surface area contributed by atoms with Crippen LogP contribution in [-0.2, 0) is 0 Å². The molecule has 0 aliphatic heterocycles. The van der Waals surface area contributed by atoms with Crippen molar-refractivity contribution in [3.63, 3.8) is 0 Å². The van der Waals surface area contributed by atoms with Gasteiger partial charge in [0.1, 0.15) is 0 Å². The van der Waals surface area contributed by atoms with E-state index in [1.165, 1.54) is 0 Å². The second kappa shape index (κ2) is 2.85. The van der Waals surface area contributed by atoms with Crippen LogP contribution in [0.4, 0.5) is 0 Å². The first kappa shape index (κ1) is 6.58. The Balaban J connectivity index is 2.85. The van der Waals surface area contributed by atoms with E-state index in [9.17, 15) is 0 Å². The molecule has 48 valence electrons. The number of thiol groups is 1. The van der Waals surface area contributed by atoms with Crippen molar-refractivity contribution in [2.24, 2.45) is 5.73 Å². The smallest absolute Gasteiger partial charge is 0.0735 e. The second-order valence-corrected chi connectivity index (χ2v) is 2.28. The van der Waals surface area contributed by atoms with E-state index < -0.39 is 0 Å². The van der Waals surface area contributed by atoms with Crippen LogP contribution in [0.5, 0.6) is 0 Å². The molecule has 0 saturated heterocycles. The summed E-state index contributed by atoms with van der Waals surface area (Å²) in [6, 6.07) is 3.69. The molecule has 0 aliphatic rings. The summed E-state index contributed by atoms with van der Waals surface area (Å²) < 4.78 is 0. The summed E-state index contributed by atoms with van der Waals surface area (Å²) in [6.07, 6.45) is 3.40. The Morgan fingerprint density at radius 2 is 2.00 bits per heavy atom. The highest BCUT2D eigenvalue weighted by molar-refractivity contribution is 7.80. The summed E-state index contributed by atoms with van der Waals surface area (Å²) in [4.78, 5) is 3.84. The van der Waals surface area contributed by atoms with E-state index in [-0.39, 0.29) is 5.37 Å². The zero-order valence-corrected chi connectivity index (χ0v) is 5.75. The van der Waals surface area contributed by atoms with Gasteiger partial charge >= 0.3 is 0 Å². The van der Waals surface area contributed by atoms with Crippen LogP contribution < -0.4 is 5.73 Å². The second-order valence-electron chi connectivity index (χ2n) is 1.73. The maximum Gasteiger partial charge on any atom is 0.0735 e. The minimum atomic E-state index is -0.187. The summed E-state index contributed by atoms with van der Waals surface area (Å²) in [7, 11) is 0. The maximum atomic E-state index is 5.45. The predicted octanol–water partition coefficient (Wildman–Crippen LogP) is 0.969. The van der Waals surface area contributed by atoms with Crippen LogP contribution in [0.15, 0.2) is 24.5 Å². The molecule has 2 N–H and O–H groups in total. The molecule has 0 saturated carbocycles. The molecule has 0 radical (unpaired) electrons. The largest absolute Gasteiger partial charge is 0.316 e. The number of rotatable bonds is 1. The third-order valence-corrected chi connectivity index (χ3v) is 1.35. The van der Waals surface area contributed by atoms with Gasteiger partial charge in [0.05, 0.1) is 5.37 Å². The van der Waals surface area contributed by atoms with Gasteiger partial charge in [0, 0.05) is 12.4 Å². The van der Waals surface area contributed by atoms with Crippen molar-refractivity contribution < 1.29 is 0 Å². The van der Waals surface area contributed by atoms with Crippen molar-refractivity contribution in [3.8, 4) is 0 Å². The lowest BCUT2D eigenvalue weighted by Gasteiger charge is -2.00. The van der Waals surface area contributed by atoms with E-state index in [2.05, 4.69) is 17.6 Å². The van der Waals surface area contributed by atoms with E-state index >= 15 is 0 Å². The van der Waals surface area contributed by atoms with Crippen LogP contribution in [0, 0.1) is 0 Å². The molecule has 1 aromatic heterocycles. The topological polar surface area (TPSA) is 38.9 Å². The fourth-order valence-electron chi connectivity index (χ4n) is 0.561. The molecule has 1 atom stereocenters. The van der Waals surface area contributed by atoms with Gasteiger partial charge in [-0.25, -0.2) is 0 Å². The Kier molecular flexibility index (Phi) is 2.08. The summed E-state index contributed by atoms with van der Waals surface area (Å²) in [5.74, 6) is 0. The van der Waals surface area contributed by atoms with Crippen LogP contribution in [0.1, 0.15) is 10.9 Å². The van der Waals surface area contributed by atoms with Crippen molar-refractivity contribution in [1.29, 1.82) is 0 Å². The molecule has 0 bridgehead atoms. The van der Waals surface area contributed by atoms with Crippen molar-refractivity contribution in [3.05, 3.63) is 30.1 Å². The number of hydrogen-bond acceptors (Lipinski definition) is 3. The number of nitrogens with two attached hydrogens (primary N) is 1. The quantitative estimate of drug-likeness (QED) is 0.450. The minimum Gasteiger partial charge on any atom is -0.316 e. The van der Waals surface area contributed by atoms with E-state index in [0.29, 0.717) is 0 Å². The summed E-state index contributed by atoms with van der Waals surface area (Å²) in [5, 5.41) is -0.187. The van der Waals surface area contributed by atoms with Crippen LogP contribution in [0.25, 0.3) is 0 Å². The molecule has 3 heteroatoms. The fraction of sp³-hybridized carbons (Fsp3) is 0.167. The zero-order chi connectivity index (χ0) is 6.69. The number of pyridine rings is 1. The molecule has 9 heavy (non-hydrogen) atoms. The van der Waals surface area contributed by atoms with Gasteiger partial charge in [0.2, 0.25) is 0 Å². The molecule has 0 spiro atoms. The van der Waals surface area contributed by atoms with Crippen molar-refractivity contribution in [2.75, 3.05) is 0 Å². The molecule has 0 aliphatic carbocycles. The van der Waals surface area contributed by atoms with Gasteiger partial charge in [-0.2, -0.15) is 12.6 Å². The zero-order valence-electron chi connectivity index (χ0n) is 4.86. The van der Waals surface area contributed by atoms with Gasteiger partial charge in [-0.3, -0.25) is 4.98 Å². The molecule has 2 nitrogen and oxygen atoms in total. The molecule has 1 aromatic rings. The lowest BCUT2D eigenvalue weighted by Crippen LogP contribution is -2.01.